The molecule has 0 bridgehead atoms. The molecule has 3 nitrogen and oxygen atoms in total. The zero-order valence-electron chi connectivity index (χ0n) is 11.7. The lowest BCUT2D eigenvalue weighted by atomic mass is 9.77. The Labute approximate surface area is 118 Å². The fourth-order valence-electron chi connectivity index (χ4n) is 2.35. The van der Waals surface area contributed by atoms with Gasteiger partial charge in [-0.1, -0.05) is 42.5 Å². The molecule has 0 aliphatic heterocycles. The summed E-state index contributed by atoms with van der Waals surface area (Å²) in [6, 6.07) is 16.5. The van der Waals surface area contributed by atoms with Gasteiger partial charge in [0.2, 0.25) is 0 Å². The molecule has 0 spiro atoms. The van der Waals surface area contributed by atoms with Crippen molar-refractivity contribution >= 4 is 5.97 Å². The van der Waals surface area contributed by atoms with Crippen molar-refractivity contribution < 1.29 is 14.6 Å². The third kappa shape index (κ3) is 2.82. The van der Waals surface area contributed by atoms with Crippen LogP contribution < -0.4 is 0 Å². The summed E-state index contributed by atoms with van der Waals surface area (Å²) in [5.41, 5.74) is 1.15. The SMILES string of the molecule is COC(=O)[C@@](C)(Cc1ccc(O)cc1)c1ccccc1. The molecule has 0 amide bonds. The lowest BCUT2D eigenvalue weighted by molar-refractivity contribution is -0.146. The molecule has 1 N–H and O–H groups in total. The summed E-state index contributed by atoms with van der Waals surface area (Å²) in [5, 5.41) is 9.34. The maximum absolute atomic E-state index is 12.2. The number of methoxy groups -OCH3 is 1. The monoisotopic (exact) mass is 270 g/mol. The van der Waals surface area contributed by atoms with Gasteiger partial charge in [0.05, 0.1) is 12.5 Å². The van der Waals surface area contributed by atoms with Crippen LogP contribution in [-0.2, 0) is 21.4 Å². The third-order valence-electron chi connectivity index (χ3n) is 3.54. The van der Waals surface area contributed by atoms with Crippen LogP contribution in [0.1, 0.15) is 18.1 Å². The molecule has 104 valence electrons. The fraction of sp³-hybridized carbons (Fsp3) is 0.235. The third-order valence-corrected chi connectivity index (χ3v) is 3.54. The predicted molar refractivity (Wildman–Crippen MR) is 77.6 cm³/mol. The molecule has 3 heteroatoms. The zero-order valence-corrected chi connectivity index (χ0v) is 11.7. The van der Waals surface area contributed by atoms with Crippen molar-refractivity contribution in [1.29, 1.82) is 0 Å². The summed E-state index contributed by atoms with van der Waals surface area (Å²) in [4.78, 5) is 12.2. The van der Waals surface area contributed by atoms with Crippen molar-refractivity contribution in [3.63, 3.8) is 0 Å². The number of esters is 1. The number of benzene rings is 2. The fourth-order valence-corrected chi connectivity index (χ4v) is 2.35. The standard InChI is InChI=1S/C17H18O3/c1-17(16(19)20-2,14-6-4-3-5-7-14)12-13-8-10-15(18)11-9-13/h3-11,18H,12H2,1-2H3/t17-/m0/s1. The van der Waals surface area contributed by atoms with Gasteiger partial charge in [0, 0.05) is 0 Å². The van der Waals surface area contributed by atoms with Crippen LogP contribution in [-0.4, -0.2) is 18.2 Å². The van der Waals surface area contributed by atoms with E-state index in [1.165, 1.54) is 7.11 Å². The van der Waals surface area contributed by atoms with Crippen molar-refractivity contribution in [2.45, 2.75) is 18.8 Å². The Morgan fingerprint density at radius 1 is 1.10 bits per heavy atom. The van der Waals surface area contributed by atoms with Gasteiger partial charge in [0.25, 0.3) is 0 Å². The number of carbonyl (C=O) groups is 1. The summed E-state index contributed by atoms with van der Waals surface area (Å²) in [5.74, 6) is -0.0509. The van der Waals surface area contributed by atoms with Crippen LogP contribution in [0.5, 0.6) is 5.75 Å². The van der Waals surface area contributed by atoms with E-state index in [0.717, 1.165) is 11.1 Å². The van der Waals surface area contributed by atoms with Crippen molar-refractivity contribution in [3.05, 3.63) is 65.7 Å². The number of phenols is 1. The van der Waals surface area contributed by atoms with E-state index >= 15 is 0 Å². The molecule has 0 saturated carbocycles. The Kier molecular flexibility index (Phi) is 4.08. The predicted octanol–water partition coefficient (Wildman–Crippen LogP) is 3.07. The van der Waals surface area contributed by atoms with Gasteiger partial charge in [-0.15, -0.1) is 0 Å². The van der Waals surface area contributed by atoms with E-state index in [2.05, 4.69) is 0 Å². The molecular formula is C17H18O3. The van der Waals surface area contributed by atoms with E-state index in [1.54, 1.807) is 12.1 Å². The summed E-state index contributed by atoms with van der Waals surface area (Å²) in [6.45, 7) is 1.88. The Bertz CT molecular complexity index is 575. The first kappa shape index (κ1) is 14.1. The Hall–Kier alpha value is -2.29. The smallest absolute Gasteiger partial charge is 0.316 e. The highest BCUT2D eigenvalue weighted by Crippen LogP contribution is 2.30. The van der Waals surface area contributed by atoms with E-state index in [-0.39, 0.29) is 11.7 Å². The molecule has 1 atom stereocenters. The van der Waals surface area contributed by atoms with Crippen LogP contribution in [0, 0.1) is 0 Å². The first-order valence-electron chi connectivity index (χ1n) is 6.48. The highest BCUT2D eigenvalue weighted by atomic mass is 16.5. The molecule has 0 saturated heterocycles. The summed E-state index contributed by atoms with van der Waals surface area (Å²) >= 11 is 0. The van der Waals surface area contributed by atoms with Gasteiger partial charge in [-0.2, -0.15) is 0 Å². The van der Waals surface area contributed by atoms with Gasteiger partial charge in [0.1, 0.15) is 5.75 Å². The largest absolute Gasteiger partial charge is 0.508 e. The average Bonchev–Trinajstić information content (AvgIpc) is 2.49. The molecule has 0 aliphatic carbocycles. The molecule has 0 aliphatic rings. The van der Waals surface area contributed by atoms with Gasteiger partial charge >= 0.3 is 5.97 Å². The number of hydrogen-bond donors (Lipinski definition) is 1. The second-order valence-electron chi connectivity index (χ2n) is 5.03. The lowest BCUT2D eigenvalue weighted by Gasteiger charge is -2.27. The van der Waals surface area contributed by atoms with E-state index < -0.39 is 5.41 Å². The molecule has 20 heavy (non-hydrogen) atoms. The van der Waals surface area contributed by atoms with E-state index in [4.69, 9.17) is 4.74 Å². The number of hydrogen-bond acceptors (Lipinski definition) is 3. The molecular weight excluding hydrogens is 252 g/mol. The maximum Gasteiger partial charge on any atom is 0.316 e. The highest BCUT2D eigenvalue weighted by molar-refractivity contribution is 5.83. The van der Waals surface area contributed by atoms with Crippen molar-refractivity contribution in [2.75, 3.05) is 7.11 Å². The second-order valence-corrected chi connectivity index (χ2v) is 5.03. The van der Waals surface area contributed by atoms with Gasteiger partial charge in [-0.25, -0.2) is 0 Å². The Balaban J connectivity index is 2.38. The van der Waals surface area contributed by atoms with Crippen molar-refractivity contribution in [1.82, 2.24) is 0 Å². The minimum Gasteiger partial charge on any atom is -0.508 e. The molecule has 2 rings (SSSR count). The Morgan fingerprint density at radius 3 is 2.25 bits per heavy atom. The summed E-state index contributed by atoms with van der Waals surface area (Å²) < 4.78 is 4.98. The molecule has 2 aromatic carbocycles. The maximum atomic E-state index is 12.2. The summed E-state index contributed by atoms with van der Waals surface area (Å²) in [7, 11) is 1.40. The number of aromatic hydroxyl groups is 1. The second kappa shape index (κ2) is 5.78. The minimum atomic E-state index is -0.743. The highest BCUT2D eigenvalue weighted by Gasteiger charge is 2.36. The first-order valence-corrected chi connectivity index (χ1v) is 6.48. The van der Waals surface area contributed by atoms with Crippen LogP contribution >= 0.6 is 0 Å². The van der Waals surface area contributed by atoms with Crippen molar-refractivity contribution in [3.8, 4) is 5.75 Å². The molecule has 2 aromatic rings. The quantitative estimate of drug-likeness (QED) is 0.868. The number of carbonyl (C=O) groups excluding carboxylic acids is 1. The molecule has 0 radical (unpaired) electrons. The molecule has 0 heterocycles. The molecule has 0 fully saturated rings. The van der Waals surface area contributed by atoms with Crippen LogP contribution in [0.4, 0.5) is 0 Å². The minimum absolute atomic E-state index is 0.216. The Morgan fingerprint density at radius 2 is 1.70 bits per heavy atom. The van der Waals surface area contributed by atoms with Gasteiger partial charge in [-0.05, 0) is 36.6 Å². The van der Waals surface area contributed by atoms with Gasteiger partial charge in [-0.3, -0.25) is 4.79 Å². The van der Waals surface area contributed by atoms with Crippen LogP contribution in [0.2, 0.25) is 0 Å². The van der Waals surface area contributed by atoms with Crippen molar-refractivity contribution in [2.24, 2.45) is 0 Å². The topological polar surface area (TPSA) is 46.5 Å². The average molecular weight is 270 g/mol. The number of rotatable bonds is 4. The number of ether oxygens (including phenoxy) is 1. The molecule has 0 aromatic heterocycles. The zero-order chi connectivity index (χ0) is 14.6. The van der Waals surface area contributed by atoms with Crippen LogP contribution in [0.3, 0.4) is 0 Å². The van der Waals surface area contributed by atoms with Gasteiger partial charge < -0.3 is 9.84 Å². The van der Waals surface area contributed by atoms with E-state index in [9.17, 15) is 9.90 Å². The van der Waals surface area contributed by atoms with Gasteiger partial charge in [0.15, 0.2) is 0 Å². The summed E-state index contributed by atoms with van der Waals surface area (Å²) in [6.07, 6.45) is 0.518. The van der Waals surface area contributed by atoms with E-state index in [1.807, 2.05) is 49.4 Å². The molecule has 0 unspecified atom stereocenters. The van der Waals surface area contributed by atoms with E-state index in [0.29, 0.717) is 6.42 Å². The lowest BCUT2D eigenvalue weighted by Crippen LogP contribution is -2.36. The number of phenolic OH excluding ortho intramolecular Hbond substituents is 1. The van der Waals surface area contributed by atoms with Crippen LogP contribution in [0.15, 0.2) is 54.6 Å². The van der Waals surface area contributed by atoms with Crippen LogP contribution in [0.25, 0.3) is 0 Å². The first-order chi connectivity index (χ1) is 9.56. The normalized spacial score (nSPS) is 13.5.